The third-order valence-corrected chi connectivity index (χ3v) is 3.01. The summed E-state index contributed by atoms with van der Waals surface area (Å²) in [6.45, 7) is 1.95. The van der Waals surface area contributed by atoms with Gasteiger partial charge in [0.15, 0.2) is 0 Å². The van der Waals surface area contributed by atoms with E-state index < -0.39 is 6.16 Å². The van der Waals surface area contributed by atoms with Crippen LogP contribution < -0.4 is 4.74 Å². The summed E-state index contributed by atoms with van der Waals surface area (Å²) in [4.78, 5) is 24.0. The van der Waals surface area contributed by atoms with E-state index in [9.17, 15) is 9.59 Å². The topological polar surface area (TPSA) is 66.8 Å². The average molecular weight is 235 g/mol. The van der Waals surface area contributed by atoms with Crippen LogP contribution in [0.3, 0.4) is 0 Å². The maximum Gasteiger partial charge on any atom is 0.511 e. The summed E-state index contributed by atoms with van der Waals surface area (Å²) in [6, 6.07) is 4.83. The normalized spacial score (nSPS) is 18.8. The van der Waals surface area contributed by atoms with Crippen LogP contribution in [0.4, 0.5) is 4.79 Å². The molecule has 0 spiro atoms. The highest BCUT2D eigenvalue weighted by Gasteiger charge is 2.27. The van der Waals surface area contributed by atoms with Crippen molar-refractivity contribution in [1.82, 2.24) is 4.90 Å². The molecule has 1 atom stereocenters. The predicted octanol–water partition coefficient (Wildman–Crippen LogP) is 1.76. The van der Waals surface area contributed by atoms with Gasteiger partial charge in [-0.05, 0) is 37.1 Å². The summed E-state index contributed by atoms with van der Waals surface area (Å²) in [5.41, 5.74) is 1.45. The van der Waals surface area contributed by atoms with Crippen LogP contribution >= 0.6 is 0 Å². The summed E-state index contributed by atoms with van der Waals surface area (Å²) >= 11 is 0. The van der Waals surface area contributed by atoms with E-state index in [0.29, 0.717) is 12.0 Å². The van der Waals surface area contributed by atoms with Gasteiger partial charge in [0.1, 0.15) is 5.75 Å². The molecule has 17 heavy (non-hydrogen) atoms. The Hall–Kier alpha value is -2.04. The number of carbonyl (C=O) groups excluding carboxylic acids is 1. The van der Waals surface area contributed by atoms with E-state index in [-0.39, 0.29) is 17.7 Å². The Bertz CT molecular complexity index is 483. The molecule has 0 aliphatic carbocycles. The fourth-order valence-electron chi connectivity index (χ4n) is 1.96. The van der Waals surface area contributed by atoms with Gasteiger partial charge in [-0.1, -0.05) is 0 Å². The van der Waals surface area contributed by atoms with Crippen LogP contribution in [-0.4, -0.2) is 35.2 Å². The lowest BCUT2D eigenvalue weighted by atomic mass is 9.94. The Labute approximate surface area is 98.6 Å². The number of benzene rings is 1. The van der Waals surface area contributed by atoms with E-state index >= 15 is 0 Å². The first-order valence-electron chi connectivity index (χ1n) is 5.30. The van der Waals surface area contributed by atoms with E-state index in [0.717, 1.165) is 5.56 Å². The molecule has 1 N–H and O–H groups in total. The van der Waals surface area contributed by atoms with Crippen molar-refractivity contribution < 1.29 is 19.4 Å². The van der Waals surface area contributed by atoms with Crippen LogP contribution in [0.2, 0.25) is 0 Å². The zero-order valence-electron chi connectivity index (χ0n) is 9.64. The van der Waals surface area contributed by atoms with Gasteiger partial charge in [0, 0.05) is 18.7 Å². The largest absolute Gasteiger partial charge is 0.511 e. The van der Waals surface area contributed by atoms with E-state index in [4.69, 9.17) is 5.11 Å². The molecule has 2 rings (SSSR count). The van der Waals surface area contributed by atoms with Crippen molar-refractivity contribution in [3.8, 4) is 5.75 Å². The molecule has 0 aromatic heterocycles. The quantitative estimate of drug-likeness (QED) is 0.595. The van der Waals surface area contributed by atoms with Crippen molar-refractivity contribution in [2.75, 3.05) is 7.05 Å². The summed E-state index contributed by atoms with van der Waals surface area (Å²) in [6.07, 6.45) is -0.647. The minimum Gasteiger partial charge on any atom is -0.449 e. The van der Waals surface area contributed by atoms with Gasteiger partial charge < -0.3 is 14.7 Å². The third kappa shape index (κ3) is 2.08. The molecule has 5 nitrogen and oxygen atoms in total. The molecule has 0 saturated carbocycles. The van der Waals surface area contributed by atoms with Crippen molar-refractivity contribution in [3.63, 3.8) is 0 Å². The lowest BCUT2D eigenvalue weighted by molar-refractivity contribution is 0.0721. The first-order valence-corrected chi connectivity index (χ1v) is 5.30. The number of carbonyl (C=O) groups is 2. The van der Waals surface area contributed by atoms with Crippen LogP contribution in [-0.2, 0) is 6.42 Å². The zero-order valence-corrected chi connectivity index (χ0v) is 9.64. The molecule has 1 aromatic carbocycles. The number of hydrogen-bond acceptors (Lipinski definition) is 3. The fourth-order valence-corrected chi connectivity index (χ4v) is 1.96. The van der Waals surface area contributed by atoms with Gasteiger partial charge in [0.05, 0.1) is 0 Å². The maximum atomic E-state index is 11.9. The smallest absolute Gasteiger partial charge is 0.449 e. The first kappa shape index (κ1) is 11.4. The molecule has 0 unspecified atom stereocenters. The van der Waals surface area contributed by atoms with Gasteiger partial charge in [-0.2, -0.15) is 0 Å². The molecule has 0 fully saturated rings. The highest BCUT2D eigenvalue weighted by molar-refractivity contribution is 5.97. The minimum atomic E-state index is -1.35. The minimum absolute atomic E-state index is 0.0411. The monoisotopic (exact) mass is 235 g/mol. The molecule has 0 radical (unpaired) electrons. The SMILES string of the molecule is C[C@@H]1Cc2cc(OC(=O)O)ccc2C(=O)N1C. The molecular weight excluding hydrogens is 222 g/mol. The maximum absolute atomic E-state index is 11.9. The average Bonchev–Trinajstić information content (AvgIpc) is 2.25. The van der Waals surface area contributed by atoms with Crippen LogP contribution in [0, 0.1) is 0 Å². The standard InChI is InChI=1S/C12H13NO4/c1-7-5-8-6-9(17-12(15)16)3-4-10(8)11(14)13(7)2/h3-4,6-7H,5H2,1-2H3,(H,15,16)/t7-/m1/s1. The number of rotatable bonds is 1. The molecule has 5 heteroatoms. The van der Waals surface area contributed by atoms with Gasteiger partial charge in [-0.3, -0.25) is 4.79 Å². The summed E-state index contributed by atoms with van der Waals surface area (Å²) in [5, 5.41) is 8.52. The summed E-state index contributed by atoms with van der Waals surface area (Å²) in [7, 11) is 1.76. The molecule has 0 bridgehead atoms. The van der Waals surface area contributed by atoms with Crippen molar-refractivity contribution in [2.45, 2.75) is 19.4 Å². The van der Waals surface area contributed by atoms with Gasteiger partial charge in [0.2, 0.25) is 0 Å². The lowest BCUT2D eigenvalue weighted by Gasteiger charge is -2.31. The number of fused-ring (bicyclic) bond motifs is 1. The van der Waals surface area contributed by atoms with Crippen LogP contribution in [0.5, 0.6) is 5.75 Å². The molecule has 1 aliphatic rings. The second-order valence-electron chi connectivity index (χ2n) is 4.16. The summed E-state index contributed by atoms with van der Waals surface area (Å²) in [5.74, 6) is 0.210. The van der Waals surface area contributed by atoms with E-state index in [1.165, 1.54) is 6.07 Å². The Kier molecular flexibility index (Phi) is 2.75. The number of likely N-dealkylation sites (N-methyl/N-ethyl adjacent to an activating group) is 1. The van der Waals surface area contributed by atoms with Crippen LogP contribution in [0.1, 0.15) is 22.8 Å². The van der Waals surface area contributed by atoms with Gasteiger partial charge >= 0.3 is 6.16 Å². The Morgan fingerprint density at radius 2 is 2.24 bits per heavy atom. The van der Waals surface area contributed by atoms with Gasteiger partial charge in [0.25, 0.3) is 5.91 Å². The fraction of sp³-hybridized carbons (Fsp3) is 0.333. The predicted molar refractivity (Wildman–Crippen MR) is 60.4 cm³/mol. The lowest BCUT2D eigenvalue weighted by Crippen LogP contribution is -2.41. The van der Waals surface area contributed by atoms with Crippen molar-refractivity contribution in [2.24, 2.45) is 0 Å². The zero-order chi connectivity index (χ0) is 12.6. The van der Waals surface area contributed by atoms with Gasteiger partial charge in [-0.25, -0.2) is 4.79 Å². The van der Waals surface area contributed by atoms with E-state index in [1.807, 2.05) is 6.92 Å². The van der Waals surface area contributed by atoms with Crippen molar-refractivity contribution in [3.05, 3.63) is 29.3 Å². The van der Waals surface area contributed by atoms with Crippen LogP contribution in [0.25, 0.3) is 0 Å². The Balaban J connectivity index is 2.37. The Morgan fingerprint density at radius 3 is 2.88 bits per heavy atom. The third-order valence-electron chi connectivity index (χ3n) is 3.01. The second kappa shape index (κ2) is 4.08. The van der Waals surface area contributed by atoms with Gasteiger partial charge in [-0.15, -0.1) is 0 Å². The van der Waals surface area contributed by atoms with E-state index in [2.05, 4.69) is 4.74 Å². The molecule has 90 valence electrons. The number of amides is 1. The number of carboxylic acid groups (broad SMARTS) is 1. The molecule has 1 amide bonds. The number of nitrogens with zero attached hydrogens (tertiary/aromatic N) is 1. The van der Waals surface area contributed by atoms with Crippen molar-refractivity contribution >= 4 is 12.1 Å². The number of ether oxygens (including phenoxy) is 1. The molecule has 0 saturated heterocycles. The first-order chi connectivity index (χ1) is 7.99. The second-order valence-corrected chi connectivity index (χ2v) is 4.16. The molecule has 1 aliphatic heterocycles. The highest BCUT2D eigenvalue weighted by atomic mass is 16.7. The molecule has 1 aromatic rings. The van der Waals surface area contributed by atoms with Crippen LogP contribution in [0.15, 0.2) is 18.2 Å². The highest BCUT2D eigenvalue weighted by Crippen LogP contribution is 2.26. The summed E-state index contributed by atoms with van der Waals surface area (Å²) < 4.78 is 4.57. The number of hydrogen-bond donors (Lipinski definition) is 1. The van der Waals surface area contributed by atoms with E-state index in [1.54, 1.807) is 24.1 Å². The van der Waals surface area contributed by atoms with Crippen molar-refractivity contribution in [1.29, 1.82) is 0 Å². The molecule has 1 heterocycles. The molecular formula is C12H13NO4. The Morgan fingerprint density at radius 1 is 1.53 bits per heavy atom.